The van der Waals surface area contributed by atoms with Gasteiger partial charge in [-0.3, -0.25) is 9.10 Å². The number of carbonyl (C=O) groups is 1. The third-order valence-corrected chi connectivity index (χ3v) is 4.79. The number of hydrogen-bond acceptors (Lipinski definition) is 4. The monoisotopic (exact) mass is 373 g/mol. The summed E-state index contributed by atoms with van der Waals surface area (Å²) in [4.78, 5) is 12.0. The van der Waals surface area contributed by atoms with E-state index in [9.17, 15) is 13.2 Å². The molecule has 0 unspecified atom stereocenters. The van der Waals surface area contributed by atoms with Crippen molar-refractivity contribution in [3.8, 4) is 0 Å². The van der Waals surface area contributed by atoms with Crippen molar-refractivity contribution >= 4 is 27.3 Å². The molecule has 138 valence electrons. The molecule has 0 atom stereocenters. The molecular formula is C19H23N3O3S. The number of sulfonamides is 1. The maximum atomic E-state index is 12.2. The van der Waals surface area contributed by atoms with Gasteiger partial charge in [-0.2, -0.15) is 5.10 Å². The minimum Gasteiger partial charge on any atom is -0.267 e. The minimum absolute atomic E-state index is 0.226. The number of benzene rings is 2. The van der Waals surface area contributed by atoms with E-state index in [-0.39, 0.29) is 12.5 Å². The van der Waals surface area contributed by atoms with Gasteiger partial charge in [0.2, 0.25) is 10.0 Å². The highest BCUT2D eigenvalue weighted by Gasteiger charge is 2.18. The molecule has 0 aromatic heterocycles. The van der Waals surface area contributed by atoms with Crippen LogP contribution < -0.4 is 9.73 Å². The molecule has 0 aliphatic carbocycles. The second kappa shape index (κ2) is 8.14. The highest BCUT2D eigenvalue weighted by molar-refractivity contribution is 7.92. The Hall–Kier alpha value is -2.67. The molecule has 0 bridgehead atoms. The number of hydrazone groups is 1. The second-order valence-corrected chi connectivity index (χ2v) is 8.21. The number of anilines is 1. The summed E-state index contributed by atoms with van der Waals surface area (Å²) in [5, 5.41) is 3.87. The fraction of sp³-hybridized carbons (Fsp3) is 0.263. The molecule has 0 saturated carbocycles. The molecule has 7 heteroatoms. The molecule has 0 fully saturated rings. The summed E-state index contributed by atoms with van der Waals surface area (Å²) >= 11 is 0. The molecule has 1 N–H and O–H groups in total. The molecule has 6 nitrogen and oxygen atoms in total. The maximum Gasteiger partial charge on any atom is 0.271 e. The predicted octanol–water partition coefficient (Wildman–Crippen LogP) is 3.09. The first-order valence-electron chi connectivity index (χ1n) is 8.11. The average molecular weight is 373 g/mol. The maximum absolute atomic E-state index is 12.2. The van der Waals surface area contributed by atoms with E-state index < -0.39 is 10.0 Å². The molecule has 26 heavy (non-hydrogen) atoms. The van der Waals surface area contributed by atoms with E-state index >= 15 is 0 Å². The fourth-order valence-corrected chi connectivity index (χ4v) is 3.15. The summed E-state index contributed by atoms with van der Waals surface area (Å²) < 4.78 is 25.8. The average Bonchev–Trinajstić information content (AvgIpc) is 2.58. The van der Waals surface area contributed by atoms with Crippen LogP contribution in [-0.4, -0.2) is 26.3 Å². The highest BCUT2D eigenvalue weighted by atomic mass is 32.2. The third kappa shape index (κ3) is 5.42. The van der Waals surface area contributed by atoms with Crippen LogP contribution in [0, 0.1) is 6.92 Å². The molecule has 2 rings (SSSR count). The van der Waals surface area contributed by atoms with Crippen molar-refractivity contribution in [3.05, 3.63) is 65.2 Å². The molecule has 0 aliphatic heterocycles. The van der Waals surface area contributed by atoms with E-state index in [1.807, 2.05) is 31.2 Å². The van der Waals surface area contributed by atoms with Gasteiger partial charge in [-0.25, -0.2) is 13.8 Å². The number of aryl methyl sites for hydroxylation is 1. The van der Waals surface area contributed by atoms with Crippen LogP contribution in [0.4, 0.5) is 5.69 Å². The molecule has 2 aromatic carbocycles. The molecule has 0 radical (unpaired) electrons. The van der Waals surface area contributed by atoms with Crippen LogP contribution in [-0.2, 0) is 16.6 Å². The number of rotatable bonds is 6. The Kier molecular flexibility index (Phi) is 6.15. The zero-order chi connectivity index (χ0) is 19.3. The molecular weight excluding hydrogens is 350 g/mol. The lowest BCUT2D eigenvalue weighted by Gasteiger charge is -2.22. The number of nitrogens with zero attached hydrogens (tertiary/aromatic N) is 2. The Morgan fingerprint density at radius 1 is 1.04 bits per heavy atom. The Balaban J connectivity index is 2.25. The van der Waals surface area contributed by atoms with Crippen LogP contribution in [0.2, 0.25) is 0 Å². The van der Waals surface area contributed by atoms with E-state index in [1.165, 1.54) is 10.6 Å². The zero-order valence-electron chi connectivity index (χ0n) is 15.4. The molecule has 2 aromatic rings. The number of amides is 1. The number of hydrogen-bond donors (Lipinski definition) is 1. The van der Waals surface area contributed by atoms with Gasteiger partial charge < -0.3 is 0 Å². The van der Waals surface area contributed by atoms with E-state index in [0.717, 1.165) is 16.8 Å². The summed E-state index contributed by atoms with van der Waals surface area (Å²) in [6, 6.07) is 14.1. The van der Waals surface area contributed by atoms with Gasteiger partial charge in [-0.1, -0.05) is 29.8 Å². The van der Waals surface area contributed by atoms with Crippen LogP contribution in [0.3, 0.4) is 0 Å². The third-order valence-electron chi connectivity index (χ3n) is 3.65. The van der Waals surface area contributed by atoms with Crippen LogP contribution in [0.1, 0.15) is 35.3 Å². The van der Waals surface area contributed by atoms with Crippen LogP contribution in [0.5, 0.6) is 0 Å². The van der Waals surface area contributed by atoms with Gasteiger partial charge in [-0.05, 0) is 50.6 Å². The Morgan fingerprint density at radius 2 is 1.62 bits per heavy atom. The van der Waals surface area contributed by atoms with E-state index in [2.05, 4.69) is 10.5 Å². The molecule has 0 heterocycles. The smallest absolute Gasteiger partial charge is 0.267 e. The van der Waals surface area contributed by atoms with E-state index in [4.69, 9.17) is 0 Å². The quantitative estimate of drug-likeness (QED) is 0.624. The highest BCUT2D eigenvalue weighted by Crippen LogP contribution is 2.21. The number of carbonyl (C=O) groups excluding carboxylic acids is 1. The van der Waals surface area contributed by atoms with Crippen molar-refractivity contribution in [2.75, 3.05) is 10.6 Å². The van der Waals surface area contributed by atoms with Gasteiger partial charge in [0.05, 0.1) is 18.5 Å². The summed E-state index contributed by atoms with van der Waals surface area (Å²) in [6.45, 7) is 5.76. The van der Waals surface area contributed by atoms with Crippen molar-refractivity contribution in [1.29, 1.82) is 0 Å². The summed E-state index contributed by atoms with van der Waals surface area (Å²) in [5.74, 6) is -0.345. The van der Waals surface area contributed by atoms with Gasteiger partial charge >= 0.3 is 0 Å². The van der Waals surface area contributed by atoms with Crippen molar-refractivity contribution in [1.82, 2.24) is 5.43 Å². The molecule has 0 spiro atoms. The van der Waals surface area contributed by atoms with Crippen molar-refractivity contribution in [2.24, 2.45) is 5.10 Å². The van der Waals surface area contributed by atoms with Crippen LogP contribution >= 0.6 is 0 Å². The largest absolute Gasteiger partial charge is 0.271 e. The van der Waals surface area contributed by atoms with Crippen molar-refractivity contribution < 1.29 is 13.2 Å². The Morgan fingerprint density at radius 3 is 2.12 bits per heavy atom. The number of nitrogens with one attached hydrogen (secondary N) is 1. The van der Waals surface area contributed by atoms with Gasteiger partial charge in [0, 0.05) is 11.3 Å². The van der Waals surface area contributed by atoms with Gasteiger partial charge in [0.15, 0.2) is 0 Å². The molecule has 1 amide bonds. The van der Waals surface area contributed by atoms with Gasteiger partial charge in [0.25, 0.3) is 5.91 Å². The van der Waals surface area contributed by atoms with Crippen LogP contribution in [0.25, 0.3) is 0 Å². The first kappa shape index (κ1) is 19.7. The summed E-state index contributed by atoms with van der Waals surface area (Å²) in [6.07, 6.45) is 1.17. The SMILES string of the molecule is CC(C)=NNC(=O)c1ccc(N(Cc2ccc(C)cc2)S(C)(=O)=O)cc1. The first-order valence-corrected chi connectivity index (χ1v) is 9.96. The van der Waals surface area contributed by atoms with E-state index in [1.54, 1.807) is 38.1 Å². The van der Waals surface area contributed by atoms with Crippen molar-refractivity contribution in [3.63, 3.8) is 0 Å². The lowest BCUT2D eigenvalue weighted by molar-refractivity contribution is 0.0954. The molecule has 0 aliphatic rings. The van der Waals surface area contributed by atoms with Gasteiger partial charge in [-0.15, -0.1) is 0 Å². The van der Waals surface area contributed by atoms with Crippen LogP contribution in [0.15, 0.2) is 53.6 Å². The zero-order valence-corrected chi connectivity index (χ0v) is 16.2. The second-order valence-electron chi connectivity index (χ2n) is 6.30. The van der Waals surface area contributed by atoms with Gasteiger partial charge in [0.1, 0.15) is 0 Å². The Bertz CT molecular complexity index is 898. The first-order chi connectivity index (χ1) is 12.2. The predicted molar refractivity (Wildman–Crippen MR) is 105 cm³/mol. The molecule has 0 saturated heterocycles. The lowest BCUT2D eigenvalue weighted by atomic mass is 10.1. The van der Waals surface area contributed by atoms with Crippen molar-refractivity contribution in [2.45, 2.75) is 27.3 Å². The standard InChI is InChI=1S/C19H23N3O3S/c1-14(2)20-21-19(23)17-9-11-18(12-10-17)22(26(4,24)25)13-16-7-5-15(3)6-8-16/h5-12H,13H2,1-4H3,(H,21,23). The van der Waals surface area contributed by atoms with E-state index in [0.29, 0.717) is 11.3 Å². The fourth-order valence-electron chi connectivity index (χ4n) is 2.27. The lowest BCUT2D eigenvalue weighted by Crippen LogP contribution is -2.29. The normalized spacial score (nSPS) is 10.9. The Labute approximate surface area is 154 Å². The minimum atomic E-state index is -3.47. The topological polar surface area (TPSA) is 78.8 Å². The summed E-state index contributed by atoms with van der Waals surface area (Å²) in [5.41, 5.74) is 6.07. The summed E-state index contributed by atoms with van der Waals surface area (Å²) in [7, 11) is -3.47.